The number of carboxylic acids is 1. The third-order valence-corrected chi connectivity index (χ3v) is 3.00. The molecule has 2 aromatic rings. The lowest BCUT2D eigenvalue weighted by molar-refractivity contribution is 0.0693. The molecular weight excluding hydrogens is 258 g/mol. The first-order valence-electron chi connectivity index (χ1n) is 6.21. The zero-order chi connectivity index (χ0) is 14.5. The van der Waals surface area contributed by atoms with Gasteiger partial charge in [-0.05, 0) is 30.8 Å². The molecule has 0 unspecified atom stereocenters. The predicted molar refractivity (Wildman–Crippen MR) is 73.8 cm³/mol. The van der Waals surface area contributed by atoms with Gasteiger partial charge < -0.3 is 14.3 Å². The molecule has 0 saturated heterocycles. The van der Waals surface area contributed by atoms with Gasteiger partial charge in [-0.3, -0.25) is 4.90 Å². The Morgan fingerprint density at radius 1 is 1.25 bits per heavy atom. The summed E-state index contributed by atoms with van der Waals surface area (Å²) >= 11 is 0. The van der Waals surface area contributed by atoms with E-state index in [0.717, 1.165) is 11.3 Å². The predicted octanol–water partition coefficient (Wildman–Crippen LogP) is 2.62. The van der Waals surface area contributed by atoms with Crippen molar-refractivity contribution in [1.29, 1.82) is 0 Å². The standard InChI is InChI=1S/C15H17NO4/c1-16(9-11-3-5-12(19-2)6-4-11)10-14-13(15(17)18)7-8-20-14/h3-8H,9-10H2,1-2H3,(H,17,18). The van der Waals surface area contributed by atoms with Crippen LogP contribution in [-0.4, -0.2) is 30.1 Å². The highest BCUT2D eigenvalue weighted by Crippen LogP contribution is 2.16. The molecule has 1 aromatic heterocycles. The van der Waals surface area contributed by atoms with E-state index in [1.165, 1.54) is 12.3 Å². The van der Waals surface area contributed by atoms with Crippen LogP contribution in [0.25, 0.3) is 0 Å². The van der Waals surface area contributed by atoms with Gasteiger partial charge in [0.2, 0.25) is 0 Å². The number of carboxylic acid groups (broad SMARTS) is 1. The molecule has 0 aliphatic rings. The first-order chi connectivity index (χ1) is 9.60. The van der Waals surface area contributed by atoms with Crippen LogP contribution in [0.4, 0.5) is 0 Å². The first-order valence-corrected chi connectivity index (χ1v) is 6.21. The molecule has 0 spiro atoms. The third-order valence-electron chi connectivity index (χ3n) is 3.00. The van der Waals surface area contributed by atoms with E-state index in [0.29, 0.717) is 18.8 Å². The van der Waals surface area contributed by atoms with Crippen molar-refractivity contribution >= 4 is 5.97 Å². The fraction of sp³-hybridized carbons (Fsp3) is 0.267. The summed E-state index contributed by atoms with van der Waals surface area (Å²) in [7, 11) is 3.55. The minimum absolute atomic E-state index is 0.214. The molecule has 1 aromatic carbocycles. The lowest BCUT2D eigenvalue weighted by atomic mass is 10.2. The maximum absolute atomic E-state index is 11.0. The molecule has 0 bridgehead atoms. The molecule has 0 aliphatic heterocycles. The topological polar surface area (TPSA) is 62.9 Å². The maximum atomic E-state index is 11.0. The number of ether oxygens (including phenoxy) is 1. The molecule has 5 heteroatoms. The van der Waals surface area contributed by atoms with Gasteiger partial charge in [-0.15, -0.1) is 0 Å². The fourth-order valence-electron chi connectivity index (χ4n) is 2.00. The van der Waals surface area contributed by atoms with Crippen molar-refractivity contribution < 1.29 is 19.1 Å². The molecule has 0 aliphatic carbocycles. The first kappa shape index (κ1) is 14.1. The Hall–Kier alpha value is -2.27. The molecule has 2 rings (SSSR count). The molecule has 5 nitrogen and oxygen atoms in total. The summed E-state index contributed by atoms with van der Waals surface area (Å²) in [5.74, 6) is 0.315. The van der Waals surface area contributed by atoms with Gasteiger partial charge in [-0.1, -0.05) is 12.1 Å². The lowest BCUT2D eigenvalue weighted by Gasteiger charge is -2.15. The average molecular weight is 275 g/mol. The molecule has 1 N–H and O–H groups in total. The summed E-state index contributed by atoms with van der Waals surface area (Å²) in [6.45, 7) is 1.14. The van der Waals surface area contributed by atoms with E-state index in [4.69, 9.17) is 14.3 Å². The highest BCUT2D eigenvalue weighted by atomic mass is 16.5. The fourth-order valence-corrected chi connectivity index (χ4v) is 2.00. The number of carbonyl (C=O) groups is 1. The van der Waals surface area contributed by atoms with Crippen molar-refractivity contribution in [2.24, 2.45) is 0 Å². The number of hydrogen-bond acceptors (Lipinski definition) is 4. The minimum atomic E-state index is -0.966. The molecule has 1 heterocycles. The Balaban J connectivity index is 1.99. The second kappa shape index (κ2) is 6.25. The van der Waals surface area contributed by atoms with Crippen LogP contribution in [0.2, 0.25) is 0 Å². The summed E-state index contributed by atoms with van der Waals surface area (Å²) in [4.78, 5) is 13.0. The van der Waals surface area contributed by atoms with Gasteiger partial charge in [0.15, 0.2) is 0 Å². The van der Waals surface area contributed by atoms with Crippen LogP contribution in [0.5, 0.6) is 5.75 Å². The molecule has 0 atom stereocenters. The Morgan fingerprint density at radius 3 is 2.55 bits per heavy atom. The Bertz CT molecular complexity index is 574. The second-order valence-electron chi connectivity index (χ2n) is 4.58. The van der Waals surface area contributed by atoms with Crippen LogP contribution in [0.1, 0.15) is 21.7 Å². The molecule has 0 radical (unpaired) electrons. The van der Waals surface area contributed by atoms with Crippen LogP contribution in [-0.2, 0) is 13.1 Å². The monoisotopic (exact) mass is 275 g/mol. The lowest BCUT2D eigenvalue weighted by Crippen LogP contribution is -2.18. The number of benzene rings is 1. The van der Waals surface area contributed by atoms with Gasteiger partial charge in [0.1, 0.15) is 17.1 Å². The maximum Gasteiger partial charge on any atom is 0.339 e. The van der Waals surface area contributed by atoms with E-state index >= 15 is 0 Å². The highest BCUT2D eigenvalue weighted by molar-refractivity contribution is 5.88. The zero-order valence-corrected chi connectivity index (χ0v) is 11.5. The minimum Gasteiger partial charge on any atom is -0.497 e. The number of hydrogen-bond donors (Lipinski definition) is 1. The van der Waals surface area contributed by atoms with Crippen molar-refractivity contribution in [3.63, 3.8) is 0 Å². The largest absolute Gasteiger partial charge is 0.497 e. The quantitative estimate of drug-likeness (QED) is 0.878. The van der Waals surface area contributed by atoms with Gasteiger partial charge in [0, 0.05) is 6.54 Å². The Morgan fingerprint density at radius 2 is 1.95 bits per heavy atom. The van der Waals surface area contributed by atoms with Crippen molar-refractivity contribution in [2.45, 2.75) is 13.1 Å². The number of rotatable bonds is 6. The van der Waals surface area contributed by atoms with E-state index in [1.54, 1.807) is 7.11 Å². The average Bonchev–Trinajstić information content (AvgIpc) is 2.87. The molecule has 0 amide bonds. The molecule has 0 fully saturated rings. The number of aromatic carboxylic acids is 1. The van der Waals surface area contributed by atoms with Gasteiger partial charge in [0.05, 0.1) is 19.9 Å². The van der Waals surface area contributed by atoms with Crippen LogP contribution < -0.4 is 4.74 Å². The summed E-state index contributed by atoms with van der Waals surface area (Å²) in [5.41, 5.74) is 1.34. The smallest absolute Gasteiger partial charge is 0.339 e. The summed E-state index contributed by atoms with van der Waals surface area (Å²) in [5, 5.41) is 9.02. The van der Waals surface area contributed by atoms with Crippen molar-refractivity contribution in [3.8, 4) is 5.75 Å². The third kappa shape index (κ3) is 3.39. The van der Waals surface area contributed by atoms with Crippen molar-refractivity contribution in [2.75, 3.05) is 14.2 Å². The number of furan rings is 1. The summed E-state index contributed by atoms with van der Waals surface area (Å²) < 4.78 is 10.3. The van der Waals surface area contributed by atoms with Crippen LogP contribution in [0.3, 0.4) is 0 Å². The normalized spacial score (nSPS) is 10.8. The Kier molecular flexibility index (Phi) is 4.42. The number of methoxy groups -OCH3 is 1. The van der Waals surface area contributed by atoms with Gasteiger partial charge in [0.25, 0.3) is 0 Å². The highest BCUT2D eigenvalue weighted by Gasteiger charge is 2.14. The van der Waals surface area contributed by atoms with Gasteiger partial charge in [-0.2, -0.15) is 0 Å². The molecular formula is C15H17NO4. The van der Waals surface area contributed by atoms with Crippen LogP contribution in [0.15, 0.2) is 41.0 Å². The molecule has 106 valence electrons. The second-order valence-corrected chi connectivity index (χ2v) is 4.58. The number of nitrogens with zero attached hydrogens (tertiary/aromatic N) is 1. The van der Waals surface area contributed by atoms with E-state index in [2.05, 4.69) is 0 Å². The van der Waals surface area contributed by atoms with E-state index < -0.39 is 5.97 Å². The van der Waals surface area contributed by atoms with Gasteiger partial charge in [-0.25, -0.2) is 4.79 Å². The SMILES string of the molecule is COc1ccc(CN(C)Cc2occc2C(=O)O)cc1. The van der Waals surface area contributed by atoms with Crippen molar-refractivity contribution in [1.82, 2.24) is 4.90 Å². The van der Waals surface area contributed by atoms with Crippen molar-refractivity contribution in [3.05, 3.63) is 53.5 Å². The Labute approximate surface area is 117 Å². The zero-order valence-electron chi connectivity index (χ0n) is 11.5. The van der Waals surface area contributed by atoms with E-state index in [1.807, 2.05) is 36.2 Å². The van der Waals surface area contributed by atoms with Crippen LogP contribution in [0, 0.1) is 0 Å². The molecule has 0 saturated carbocycles. The molecule has 20 heavy (non-hydrogen) atoms. The summed E-state index contributed by atoms with van der Waals surface area (Å²) in [6.07, 6.45) is 1.40. The van der Waals surface area contributed by atoms with Gasteiger partial charge >= 0.3 is 5.97 Å². The van der Waals surface area contributed by atoms with Crippen LogP contribution >= 0.6 is 0 Å². The summed E-state index contributed by atoms with van der Waals surface area (Å²) in [6, 6.07) is 9.24. The van der Waals surface area contributed by atoms with E-state index in [-0.39, 0.29) is 5.56 Å². The van der Waals surface area contributed by atoms with E-state index in [9.17, 15) is 4.79 Å².